The lowest BCUT2D eigenvalue weighted by atomic mass is 9.92. The second kappa shape index (κ2) is 3.68. The molecule has 12 heavy (non-hydrogen) atoms. The number of likely N-dealkylation sites (tertiary alicyclic amines) is 1. The zero-order valence-corrected chi connectivity index (χ0v) is 6.96. The molecule has 1 fully saturated rings. The molecule has 1 aliphatic rings. The molecule has 0 amide bonds. The minimum atomic E-state index is -1.17. The van der Waals surface area contributed by atoms with Crippen molar-refractivity contribution in [1.29, 1.82) is 0 Å². The lowest BCUT2D eigenvalue weighted by Crippen LogP contribution is -2.65. The topological polar surface area (TPSA) is 84.2 Å². The van der Waals surface area contributed by atoms with E-state index in [-0.39, 0.29) is 0 Å². The first-order valence-corrected chi connectivity index (χ1v) is 3.93. The average molecular weight is 177 g/mol. The van der Waals surface area contributed by atoms with Crippen molar-refractivity contribution in [2.45, 2.75) is 24.4 Å². The first-order valence-electron chi connectivity index (χ1n) is 3.93. The number of hydrogen-bond donors (Lipinski definition) is 4. The van der Waals surface area contributed by atoms with Crippen LogP contribution in [0.1, 0.15) is 0 Å². The molecule has 4 N–H and O–H groups in total. The lowest BCUT2D eigenvalue weighted by molar-refractivity contribution is -0.139. The van der Waals surface area contributed by atoms with E-state index < -0.39 is 31.0 Å². The van der Waals surface area contributed by atoms with Crippen LogP contribution in [-0.4, -0.2) is 69.9 Å². The molecule has 0 aromatic rings. The summed E-state index contributed by atoms with van der Waals surface area (Å²) in [4.78, 5) is 1.73. The van der Waals surface area contributed by atoms with Gasteiger partial charge >= 0.3 is 0 Å². The first-order chi connectivity index (χ1) is 5.57. The third-order valence-corrected chi connectivity index (χ3v) is 2.31. The van der Waals surface area contributed by atoms with Gasteiger partial charge in [-0.15, -0.1) is 0 Å². The minimum Gasteiger partial charge on any atom is -0.394 e. The van der Waals surface area contributed by atoms with Crippen LogP contribution in [0.3, 0.4) is 0 Å². The van der Waals surface area contributed by atoms with E-state index in [0.29, 0.717) is 6.54 Å². The van der Waals surface area contributed by atoms with E-state index >= 15 is 0 Å². The summed E-state index contributed by atoms with van der Waals surface area (Å²) in [5.41, 5.74) is 0. The van der Waals surface area contributed by atoms with Gasteiger partial charge in [-0.25, -0.2) is 0 Å². The molecule has 4 unspecified atom stereocenters. The quantitative estimate of drug-likeness (QED) is 0.379. The summed E-state index contributed by atoms with van der Waals surface area (Å²) in [6.07, 6.45) is -2.86. The lowest BCUT2D eigenvalue weighted by Gasteiger charge is -2.46. The SMILES string of the molecule is CN1CC(O)C1C(O)C(O)CO. The van der Waals surface area contributed by atoms with Crippen molar-refractivity contribution in [3.8, 4) is 0 Å². The molecule has 1 rings (SSSR count). The van der Waals surface area contributed by atoms with Crippen LogP contribution < -0.4 is 0 Å². The predicted molar refractivity (Wildman–Crippen MR) is 41.5 cm³/mol. The van der Waals surface area contributed by atoms with Crippen molar-refractivity contribution in [2.75, 3.05) is 20.2 Å². The predicted octanol–water partition coefficient (Wildman–Crippen LogP) is -2.62. The molecule has 5 heteroatoms. The van der Waals surface area contributed by atoms with Gasteiger partial charge in [-0.05, 0) is 7.05 Å². The maximum absolute atomic E-state index is 9.37. The zero-order valence-electron chi connectivity index (χ0n) is 6.96. The van der Waals surface area contributed by atoms with Gasteiger partial charge in [0.25, 0.3) is 0 Å². The van der Waals surface area contributed by atoms with E-state index in [0.717, 1.165) is 0 Å². The maximum atomic E-state index is 9.37. The highest BCUT2D eigenvalue weighted by Gasteiger charge is 2.42. The summed E-state index contributed by atoms with van der Waals surface area (Å²) >= 11 is 0. The molecule has 72 valence electrons. The Hall–Kier alpha value is -0.200. The largest absolute Gasteiger partial charge is 0.394 e. The van der Waals surface area contributed by atoms with Crippen LogP contribution in [0, 0.1) is 0 Å². The standard InChI is InChI=1S/C7H15NO4/c1-8-2-4(10)6(8)7(12)5(11)3-9/h4-7,9-12H,2-3H2,1H3. The number of aliphatic hydroxyl groups excluding tert-OH is 4. The summed E-state index contributed by atoms with van der Waals surface area (Å²) in [5.74, 6) is 0. The summed E-state index contributed by atoms with van der Waals surface area (Å²) in [6, 6.07) is -0.452. The Morgan fingerprint density at radius 3 is 2.42 bits per heavy atom. The van der Waals surface area contributed by atoms with Crippen LogP contribution in [0.5, 0.6) is 0 Å². The number of rotatable bonds is 3. The number of likely N-dealkylation sites (N-methyl/N-ethyl adjacent to an activating group) is 1. The van der Waals surface area contributed by atoms with Crippen molar-refractivity contribution in [1.82, 2.24) is 4.90 Å². The maximum Gasteiger partial charge on any atom is 0.105 e. The third-order valence-electron chi connectivity index (χ3n) is 2.31. The van der Waals surface area contributed by atoms with Crippen molar-refractivity contribution in [3.63, 3.8) is 0 Å². The molecule has 0 aromatic heterocycles. The number of β-amino-alcohol motifs (C(OH)–C–C–N with tert-alkyl or cyclic N) is 1. The first kappa shape index (κ1) is 9.88. The molecule has 1 heterocycles. The minimum absolute atomic E-state index is 0.452. The molecule has 5 nitrogen and oxygen atoms in total. The zero-order chi connectivity index (χ0) is 9.30. The van der Waals surface area contributed by atoms with Crippen molar-refractivity contribution < 1.29 is 20.4 Å². The summed E-state index contributed by atoms with van der Waals surface area (Å²) < 4.78 is 0. The average Bonchev–Trinajstić information content (AvgIpc) is 2.02. The van der Waals surface area contributed by atoms with Gasteiger partial charge in [-0.3, -0.25) is 4.90 Å². The Balaban J connectivity index is 2.45. The Labute approximate surface area is 70.9 Å². The highest BCUT2D eigenvalue weighted by Crippen LogP contribution is 2.20. The van der Waals surface area contributed by atoms with Gasteiger partial charge in [-0.2, -0.15) is 0 Å². The molecule has 0 aromatic carbocycles. The summed E-state index contributed by atoms with van der Waals surface area (Å²) in [6.45, 7) is 0.0120. The fraction of sp³-hybridized carbons (Fsp3) is 1.00. The molecular formula is C7H15NO4. The summed E-state index contributed by atoms with van der Waals surface area (Å²) in [7, 11) is 1.74. The fourth-order valence-corrected chi connectivity index (χ4v) is 1.50. The number of aliphatic hydroxyl groups is 4. The van der Waals surface area contributed by atoms with E-state index in [1.807, 2.05) is 0 Å². The Morgan fingerprint density at radius 1 is 1.50 bits per heavy atom. The summed E-state index contributed by atoms with van der Waals surface area (Å²) in [5, 5.41) is 36.2. The molecule has 1 saturated heterocycles. The van der Waals surface area contributed by atoms with Crippen LogP contribution >= 0.6 is 0 Å². The Kier molecular flexibility index (Phi) is 3.03. The second-order valence-electron chi connectivity index (χ2n) is 3.24. The van der Waals surface area contributed by atoms with Gasteiger partial charge in [0.05, 0.1) is 18.8 Å². The Bertz CT molecular complexity index is 146. The Morgan fingerprint density at radius 2 is 2.08 bits per heavy atom. The van der Waals surface area contributed by atoms with E-state index in [1.165, 1.54) is 0 Å². The molecule has 4 atom stereocenters. The van der Waals surface area contributed by atoms with E-state index in [2.05, 4.69) is 0 Å². The molecule has 0 aliphatic carbocycles. The molecule has 0 saturated carbocycles. The third kappa shape index (κ3) is 1.60. The van der Waals surface area contributed by atoms with Crippen LogP contribution in [0.4, 0.5) is 0 Å². The van der Waals surface area contributed by atoms with Gasteiger partial charge in [-0.1, -0.05) is 0 Å². The smallest absolute Gasteiger partial charge is 0.105 e. The second-order valence-corrected chi connectivity index (χ2v) is 3.24. The molecule has 1 aliphatic heterocycles. The monoisotopic (exact) mass is 177 g/mol. The van der Waals surface area contributed by atoms with Gasteiger partial charge in [0, 0.05) is 6.54 Å². The van der Waals surface area contributed by atoms with Crippen molar-refractivity contribution in [2.24, 2.45) is 0 Å². The van der Waals surface area contributed by atoms with E-state index in [9.17, 15) is 10.2 Å². The normalized spacial score (nSPS) is 35.8. The van der Waals surface area contributed by atoms with Crippen molar-refractivity contribution >= 4 is 0 Å². The molecule has 0 radical (unpaired) electrons. The van der Waals surface area contributed by atoms with E-state index in [4.69, 9.17) is 10.2 Å². The van der Waals surface area contributed by atoms with Crippen LogP contribution in [0.2, 0.25) is 0 Å². The number of nitrogens with zero attached hydrogens (tertiary/aromatic N) is 1. The number of hydrogen-bond acceptors (Lipinski definition) is 5. The van der Waals surface area contributed by atoms with E-state index in [1.54, 1.807) is 11.9 Å². The van der Waals surface area contributed by atoms with Crippen LogP contribution in [0.15, 0.2) is 0 Å². The van der Waals surface area contributed by atoms with Crippen molar-refractivity contribution in [3.05, 3.63) is 0 Å². The van der Waals surface area contributed by atoms with Gasteiger partial charge in [0.15, 0.2) is 0 Å². The molecule has 0 spiro atoms. The molecule has 0 bridgehead atoms. The molecular weight excluding hydrogens is 162 g/mol. The highest BCUT2D eigenvalue weighted by molar-refractivity contribution is 4.96. The van der Waals surface area contributed by atoms with Gasteiger partial charge in [0.1, 0.15) is 12.2 Å². The fourth-order valence-electron chi connectivity index (χ4n) is 1.50. The highest BCUT2D eigenvalue weighted by atomic mass is 16.4. The van der Waals surface area contributed by atoms with Gasteiger partial charge in [0.2, 0.25) is 0 Å². The van der Waals surface area contributed by atoms with Gasteiger partial charge < -0.3 is 20.4 Å². The van der Waals surface area contributed by atoms with Crippen LogP contribution in [-0.2, 0) is 0 Å². The van der Waals surface area contributed by atoms with Crippen LogP contribution in [0.25, 0.3) is 0 Å².